The van der Waals surface area contributed by atoms with Crippen molar-refractivity contribution in [3.05, 3.63) is 40.3 Å². The Hall–Kier alpha value is -3.12. The first-order chi connectivity index (χ1) is 11.0. The van der Waals surface area contributed by atoms with E-state index in [4.69, 9.17) is 5.26 Å². The molecule has 1 fully saturated rings. The number of rotatable bonds is 3. The SMILES string of the molecule is COC(=O)/C=C1/S/C(=N\N=Cc2cccc(C#N)c2O)NC1=O. The maximum Gasteiger partial charge on any atom is 0.331 e. The molecular formula is C14H10N4O4S. The first kappa shape index (κ1) is 16.3. The van der Waals surface area contributed by atoms with Crippen molar-refractivity contribution in [2.45, 2.75) is 0 Å². The number of nitriles is 1. The van der Waals surface area contributed by atoms with E-state index in [9.17, 15) is 14.7 Å². The Bertz CT molecular complexity index is 792. The number of thioether (sulfide) groups is 1. The van der Waals surface area contributed by atoms with Crippen LogP contribution in [0.25, 0.3) is 0 Å². The molecule has 1 saturated heterocycles. The summed E-state index contributed by atoms with van der Waals surface area (Å²) in [5.41, 5.74) is 0.432. The topological polar surface area (TPSA) is 124 Å². The zero-order valence-electron chi connectivity index (χ0n) is 11.8. The van der Waals surface area contributed by atoms with Crippen molar-refractivity contribution in [2.24, 2.45) is 10.2 Å². The lowest BCUT2D eigenvalue weighted by Gasteiger charge is -1.98. The van der Waals surface area contributed by atoms with Gasteiger partial charge in [-0.3, -0.25) is 10.1 Å². The van der Waals surface area contributed by atoms with Gasteiger partial charge in [0.15, 0.2) is 5.17 Å². The zero-order chi connectivity index (χ0) is 16.8. The molecule has 0 atom stereocenters. The van der Waals surface area contributed by atoms with Crippen LogP contribution in [0.1, 0.15) is 11.1 Å². The third-order valence-electron chi connectivity index (χ3n) is 2.63. The molecule has 1 amide bonds. The number of phenols is 1. The first-order valence-electron chi connectivity index (χ1n) is 6.17. The van der Waals surface area contributed by atoms with Crippen LogP contribution in [-0.2, 0) is 14.3 Å². The van der Waals surface area contributed by atoms with Crippen LogP contribution in [0.4, 0.5) is 0 Å². The third kappa shape index (κ3) is 3.96. The number of nitrogens with one attached hydrogen (secondary N) is 1. The number of ether oxygens (including phenoxy) is 1. The van der Waals surface area contributed by atoms with Crippen molar-refractivity contribution in [1.82, 2.24) is 5.32 Å². The van der Waals surface area contributed by atoms with Gasteiger partial charge in [0.2, 0.25) is 0 Å². The molecule has 0 radical (unpaired) electrons. The lowest BCUT2D eigenvalue weighted by molar-refractivity contribution is -0.135. The maximum absolute atomic E-state index is 11.6. The standard InChI is InChI=1S/C14H10N4O4S/c1-22-11(19)5-10-13(21)17-14(23-10)18-16-7-9-4-2-3-8(6-15)12(9)20/h2-5,7,20H,1H3,(H,17,18,21)/b10-5+,16-7?. The Morgan fingerprint density at radius 1 is 1.52 bits per heavy atom. The number of nitrogens with zero attached hydrogens (tertiary/aromatic N) is 3. The molecule has 1 aromatic carbocycles. The minimum absolute atomic E-state index is 0.119. The van der Waals surface area contributed by atoms with Crippen LogP contribution >= 0.6 is 11.8 Å². The molecule has 9 heteroatoms. The van der Waals surface area contributed by atoms with Gasteiger partial charge >= 0.3 is 5.97 Å². The normalized spacial score (nSPS) is 17.5. The van der Waals surface area contributed by atoms with Crippen molar-refractivity contribution < 1.29 is 19.4 Å². The van der Waals surface area contributed by atoms with Gasteiger partial charge in [0.1, 0.15) is 11.8 Å². The summed E-state index contributed by atoms with van der Waals surface area (Å²) in [4.78, 5) is 22.8. The molecule has 2 N–H and O–H groups in total. The summed E-state index contributed by atoms with van der Waals surface area (Å²) in [5, 5.41) is 28.7. The molecule has 1 heterocycles. The van der Waals surface area contributed by atoms with E-state index in [0.29, 0.717) is 5.56 Å². The van der Waals surface area contributed by atoms with Gasteiger partial charge < -0.3 is 9.84 Å². The second kappa shape index (κ2) is 7.24. The number of esters is 1. The van der Waals surface area contributed by atoms with Gasteiger partial charge in [-0.1, -0.05) is 6.07 Å². The number of amides is 1. The number of carbonyl (C=O) groups is 2. The van der Waals surface area contributed by atoms with Crippen LogP contribution < -0.4 is 5.32 Å². The summed E-state index contributed by atoms with van der Waals surface area (Å²) < 4.78 is 4.44. The Kier molecular flexibility index (Phi) is 5.11. The lowest BCUT2D eigenvalue weighted by Crippen LogP contribution is -2.19. The van der Waals surface area contributed by atoms with E-state index in [1.807, 2.05) is 6.07 Å². The fourth-order valence-corrected chi connectivity index (χ4v) is 2.28. The lowest BCUT2D eigenvalue weighted by atomic mass is 10.1. The fourth-order valence-electron chi connectivity index (χ4n) is 1.54. The minimum Gasteiger partial charge on any atom is -0.506 e. The molecule has 0 aliphatic carbocycles. The molecule has 0 spiro atoms. The highest BCUT2D eigenvalue weighted by molar-refractivity contribution is 8.18. The minimum atomic E-state index is -0.648. The molecule has 0 unspecified atom stereocenters. The fraction of sp³-hybridized carbons (Fsp3) is 0.0714. The molecule has 1 aliphatic rings. The quantitative estimate of drug-likeness (QED) is 0.367. The van der Waals surface area contributed by atoms with Crippen molar-refractivity contribution in [3.63, 3.8) is 0 Å². The number of hydrogen-bond donors (Lipinski definition) is 2. The average molecular weight is 330 g/mol. The number of methoxy groups -OCH3 is 1. The predicted molar refractivity (Wildman–Crippen MR) is 83.7 cm³/mol. The summed E-state index contributed by atoms with van der Waals surface area (Å²) in [5.74, 6) is -1.33. The molecule has 116 valence electrons. The molecule has 8 nitrogen and oxygen atoms in total. The van der Waals surface area contributed by atoms with E-state index in [1.165, 1.54) is 19.4 Å². The van der Waals surface area contributed by atoms with Gasteiger partial charge in [-0.2, -0.15) is 10.4 Å². The Labute approximate surface area is 135 Å². The molecule has 2 rings (SSSR count). The number of carbonyl (C=O) groups excluding carboxylic acids is 2. The molecule has 1 aliphatic heterocycles. The predicted octanol–water partition coefficient (Wildman–Crippen LogP) is 0.874. The second-order valence-corrected chi connectivity index (χ2v) is 5.12. The number of para-hydroxylation sites is 1. The summed E-state index contributed by atoms with van der Waals surface area (Å²) in [6.45, 7) is 0. The number of aromatic hydroxyl groups is 1. The van der Waals surface area contributed by atoms with Gasteiger partial charge in [-0.05, 0) is 23.9 Å². The molecule has 23 heavy (non-hydrogen) atoms. The van der Waals surface area contributed by atoms with Gasteiger partial charge in [0, 0.05) is 11.6 Å². The van der Waals surface area contributed by atoms with Crippen LogP contribution in [0.15, 0.2) is 39.4 Å². The Morgan fingerprint density at radius 2 is 2.30 bits per heavy atom. The van der Waals surface area contributed by atoms with Crippen LogP contribution in [0.5, 0.6) is 5.75 Å². The Morgan fingerprint density at radius 3 is 3.00 bits per heavy atom. The number of amidine groups is 1. The molecule has 1 aromatic rings. The van der Waals surface area contributed by atoms with Gasteiger partial charge in [0.05, 0.1) is 23.8 Å². The molecule has 0 saturated carbocycles. The van der Waals surface area contributed by atoms with Crippen LogP contribution in [0.2, 0.25) is 0 Å². The van der Waals surface area contributed by atoms with Crippen molar-refractivity contribution in [1.29, 1.82) is 5.26 Å². The highest BCUT2D eigenvalue weighted by Crippen LogP contribution is 2.24. The van der Waals surface area contributed by atoms with E-state index in [-0.39, 0.29) is 21.4 Å². The third-order valence-corrected chi connectivity index (χ3v) is 3.53. The summed E-state index contributed by atoms with van der Waals surface area (Å²) in [7, 11) is 1.21. The van der Waals surface area contributed by atoms with Gasteiger partial charge in [-0.25, -0.2) is 4.79 Å². The van der Waals surface area contributed by atoms with Gasteiger partial charge in [0.25, 0.3) is 5.91 Å². The molecular weight excluding hydrogens is 320 g/mol. The van der Waals surface area contributed by atoms with E-state index in [0.717, 1.165) is 17.8 Å². The Balaban J connectivity index is 2.13. The summed E-state index contributed by atoms with van der Waals surface area (Å²) in [6.07, 6.45) is 2.30. The van der Waals surface area contributed by atoms with Crippen molar-refractivity contribution >= 4 is 35.0 Å². The zero-order valence-corrected chi connectivity index (χ0v) is 12.6. The highest BCUT2D eigenvalue weighted by atomic mass is 32.2. The van der Waals surface area contributed by atoms with Crippen molar-refractivity contribution in [3.8, 4) is 11.8 Å². The van der Waals surface area contributed by atoms with E-state index in [1.54, 1.807) is 12.1 Å². The van der Waals surface area contributed by atoms with E-state index >= 15 is 0 Å². The van der Waals surface area contributed by atoms with Crippen LogP contribution in [0.3, 0.4) is 0 Å². The van der Waals surface area contributed by atoms with E-state index < -0.39 is 11.9 Å². The van der Waals surface area contributed by atoms with Gasteiger partial charge in [-0.15, -0.1) is 5.10 Å². The summed E-state index contributed by atoms with van der Waals surface area (Å²) in [6, 6.07) is 6.46. The average Bonchev–Trinajstić information content (AvgIpc) is 2.88. The second-order valence-electron chi connectivity index (χ2n) is 4.09. The number of benzene rings is 1. The van der Waals surface area contributed by atoms with Crippen molar-refractivity contribution in [2.75, 3.05) is 7.11 Å². The smallest absolute Gasteiger partial charge is 0.331 e. The number of phenolic OH excluding ortho intramolecular Hbond substituents is 1. The van der Waals surface area contributed by atoms with Crippen LogP contribution in [-0.4, -0.2) is 35.5 Å². The van der Waals surface area contributed by atoms with Crippen LogP contribution in [0, 0.1) is 11.3 Å². The molecule has 0 bridgehead atoms. The number of hydrogen-bond acceptors (Lipinski definition) is 8. The highest BCUT2D eigenvalue weighted by Gasteiger charge is 2.24. The monoisotopic (exact) mass is 330 g/mol. The maximum atomic E-state index is 11.6. The molecule has 0 aromatic heterocycles. The summed E-state index contributed by atoms with van der Waals surface area (Å²) >= 11 is 0.930. The largest absolute Gasteiger partial charge is 0.506 e. The van der Waals surface area contributed by atoms with E-state index in [2.05, 4.69) is 20.3 Å². The first-order valence-corrected chi connectivity index (χ1v) is 6.98.